The van der Waals surface area contributed by atoms with Crippen molar-refractivity contribution in [3.63, 3.8) is 0 Å². The summed E-state index contributed by atoms with van der Waals surface area (Å²) in [7, 11) is -4.45. The fourth-order valence-corrected chi connectivity index (χ4v) is 5.69. The minimum Gasteiger partial charge on any atom is -0.480 e. The van der Waals surface area contributed by atoms with Gasteiger partial charge < -0.3 is 24.4 Å². The second kappa shape index (κ2) is 11.7. The number of tetrazole rings is 1. The number of ether oxygens (including phenoxy) is 2. The van der Waals surface area contributed by atoms with Gasteiger partial charge in [-0.2, -0.15) is 9.10 Å². The lowest BCUT2D eigenvalue weighted by molar-refractivity contribution is -0.274. The van der Waals surface area contributed by atoms with Crippen LogP contribution in [0.3, 0.4) is 0 Å². The summed E-state index contributed by atoms with van der Waals surface area (Å²) in [6.45, 7) is 0.235. The number of carbonyl (C=O) groups is 3. The van der Waals surface area contributed by atoms with Gasteiger partial charge in [-0.25, -0.2) is 8.42 Å². The molecule has 2 aromatic rings. The summed E-state index contributed by atoms with van der Waals surface area (Å²) < 4.78 is 73.0. The molecule has 3 heterocycles. The Balaban J connectivity index is 1.38. The number of carboxylic acids is 1. The maximum absolute atomic E-state index is 13.1. The summed E-state index contributed by atoms with van der Waals surface area (Å²) in [5, 5.41) is 21.3. The van der Waals surface area contributed by atoms with Crippen molar-refractivity contribution < 1.29 is 50.6 Å². The van der Waals surface area contributed by atoms with Crippen LogP contribution in [0, 0.1) is 0 Å². The number of alkyl halides is 3. The molecule has 40 heavy (non-hydrogen) atoms. The van der Waals surface area contributed by atoms with Gasteiger partial charge in [-0.3, -0.25) is 14.4 Å². The Hall–Kier alpha value is -3.84. The van der Waals surface area contributed by atoms with Crippen LogP contribution in [0.5, 0.6) is 5.75 Å². The van der Waals surface area contributed by atoms with E-state index in [1.165, 1.54) is 0 Å². The van der Waals surface area contributed by atoms with E-state index >= 15 is 0 Å². The standard InChI is InChI=1S/C21H24F3N7O8S/c22-21(23,24)39-14-1-3-15(4-2-14)40(36,37)30-6-5-29(12-16(30)20(34)35)19(33)13-31-26-17(25-27-31)11-18(32)28-7-9-38-10-8-28/h1-4,16H,5-13H2,(H,34,35)/t16-/m1/s1. The Labute approximate surface area is 225 Å². The predicted octanol–water partition coefficient (Wildman–Crippen LogP) is -1.04. The topological polar surface area (TPSA) is 177 Å². The van der Waals surface area contributed by atoms with Crippen molar-refractivity contribution >= 4 is 27.8 Å². The number of rotatable bonds is 8. The van der Waals surface area contributed by atoms with Crippen molar-refractivity contribution in [2.45, 2.75) is 30.3 Å². The third-order valence-corrected chi connectivity index (χ3v) is 8.00. The summed E-state index contributed by atoms with van der Waals surface area (Å²) in [5.41, 5.74) is 0. The van der Waals surface area contributed by atoms with Crippen molar-refractivity contribution in [3.05, 3.63) is 30.1 Å². The Morgan fingerprint density at radius 3 is 2.33 bits per heavy atom. The van der Waals surface area contributed by atoms with E-state index in [-0.39, 0.29) is 24.7 Å². The summed E-state index contributed by atoms with van der Waals surface area (Å²) in [6.07, 6.45) is -5.10. The Kier molecular flexibility index (Phi) is 8.54. The number of aliphatic carboxylic acids is 1. The molecule has 218 valence electrons. The number of sulfonamides is 1. The first-order chi connectivity index (χ1) is 18.8. The van der Waals surface area contributed by atoms with E-state index < -0.39 is 64.6 Å². The van der Waals surface area contributed by atoms with Crippen LogP contribution in [0.1, 0.15) is 5.82 Å². The summed E-state index contributed by atoms with van der Waals surface area (Å²) in [4.78, 5) is 40.4. The SMILES string of the molecule is O=C(O)[C@H]1CN(C(=O)Cn2nnc(CC(=O)N3CCOCC3)n2)CCN1S(=O)(=O)c1ccc(OC(F)(F)F)cc1. The van der Waals surface area contributed by atoms with Gasteiger partial charge in [-0.15, -0.1) is 23.4 Å². The van der Waals surface area contributed by atoms with Crippen LogP contribution in [0.2, 0.25) is 0 Å². The second-order valence-corrected chi connectivity index (χ2v) is 10.6. The molecule has 2 aliphatic heterocycles. The molecule has 1 N–H and O–H groups in total. The number of halogens is 3. The van der Waals surface area contributed by atoms with Crippen LogP contribution in [0.4, 0.5) is 13.2 Å². The molecule has 1 aromatic heterocycles. The average Bonchev–Trinajstić information content (AvgIpc) is 3.34. The van der Waals surface area contributed by atoms with Crippen LogP contribution in [0.25, 0.3) is 0 Å². The molecule has 2 aliphatic rings. The van der Waals surface area contributed by atoms with Crippen LogP contribution in [-0.2, 0) is 42.1 Å². The zero-order chi connectivity index (χ0) is 29.1. The van der Waals surface area contributed by atoms with Crippen LogP contribution in [0.15, 0.2) is 29.2 Å². The van der Waals surface area contributed by atoms with Crippen LogP contribution in [-0.4, -0.2) is 124 Å². The zero-order valence-corrected chi connectivity index (χ0v) is 21.5. The molecular weight excluding hydrogens is 567 g/mol. The van der Waals surface area contributed by atoms with E-state index in [4.69, 9.17) is 4.74 Å². The largest absolute Gasteiger partial charge is 0.573 e. The normalized spacial score (nSPS) is 18.9. The lowest BCUT2D eigenvalue weighted by Crippen LogP contribution is -2.59. The van der Waals surface area contributed by atoms with Gasteiger partial charge in [-0.1, -0.05) is 0 Å². The number of nitrogens with zero attached hydrogens (tertiary/aromatic N) is 7. The maximum atomic E-state index is 13.1. The Morgan fingerprint density at radius 1 is 1.02 bits per heavy atom. The van der Waals surface area contributed by atoms with E-state index in [1.807, 2.05) is 0 Å². The first-order valence-electron chi connectivity index (χ1n) is 11.8. The van der Waals surface area contributed by atoms with Crippen molar-refractivity contribution in [2.75, 3.05) is 45.9 Å². The van der Waals surface area contributed by atoms with E-state index in [1.54, 1.807) is 4.90 Å². The molecule has 15 nitrogen and oxygen atoms in total. The van der Waals surface area contributed by atoms with Gasteiger partial charge in [0.05, 0.1) is 24.5 Å². The molecule has 0 unspecified atom stereocenters. The lowest BCUT2D eigenvalue weighted by atomic mass is 10.2. The number of morpholine rings is 1. The highest BCUT2D eigenvalue weighted by molar-refractivity contribution is 7.89. The molecule has 2 saturated heterocycles. The molecule has 0 bridgehead atoms. The molecule has 2 fully saturated rings. The molecule has 0 aliphatic carbocycles. The number of carboxylic acid groups (broad SMARTS) is 1. The molecule has 0 spiro atoms. The van der Waals surface area contributed by atoms with E-state index in [2.05, 4.69) is 20.1 Å². The summed E-state index contributed by atoms with van der Waals surface area (Å²) in [5.74, 6) is -2.91. The van der Waals surface area contributed by atoms with Gasteiger partial charge in [0.25, 0.3) is 0 Å². The minimum atomic E-state index is -4.97. The molecule has 2 amide bonds. The highest BCUT2D eigenvalue weighted by atomic mass is 32.2. The van der Waals surface area contributed by atoms with Gasteiger partial charge in [-0.05, 0) is 29.5 Å². The maximum Gasteiger partial charge on any atom is 0.573 e. The number of amides is 2. The molecule has 19 heteroatoms. The minimum absolute atomic E-state index is 0.0928. The van der Waals surface area contributed by atoms with Crippen molar-refractivity contribution in [1.82, 2.24) is 34.3 Å². The molecule has 1 atom stereocenters. The van der Waals surface area contributed by atoms with Gasteiger partial charge in [0.1, 0.15) is 18.3 Å². The van der Waals surface area contributed by atoms with E-state index in [0.29, 0.717) is 30.6 Å². The molecule has 1 aromatic carbocycles. The Morgan fingerprint density at radius 2 is 1.70 bits per heavy atom. The molecule has 0 saturated carbocycles. The second-order valence-electron chi connectivity index (χ2n) is 8.73. The van der Waals surface area contributed by atoms with E-state index in [0.717, 1.165) is 34.0 Å². The number of hydrogen-bond donors (Lipinski definition) is 1. The van der Waals surface area contributed by atoms with Crippen molar-refractivity contribution in [3.8, 4) is 5.75 Å². The zero-order valence-electron chi connectivity index (χ0n) is 20.7. The first-order valence-corrected chi connectivity index (χ1v) is 13.3. The lowest BCUT2D eigenvalue weighted by Gasteiger charge is -2.38. The van der Waals surface area contributed by atoms with Crippen LogP contribution >= 0.6 is 0 Å². The highest BCUT2D eigenvalue weighted by Gasteiger charge is 2.41. The quantitative estimate of drug-likeness (QED) is 0.397. The molecular formula is C21H24F3N7O8S. The number of hydrogen-bond acceptors (Lipinski definition) is 10. The Bertz CT molecular complexity index is 1350. The van der Waals surface area contributed by atoms with E-state index in [9.17, 15) is 41.1 Å². The highest BCUT2D eigenvalue weighted by Crippen LogP contribution is 2.27. The smallest absolute Gasteiger partial charge is 0.480 e. The van der Waals surface area contributed by atoms with Gasteiger partial charge in [0.15, 0.2) is 5.82 Å². The fraction of sp³-hybridized carbons (Fsp3) is 0.524. The summed E-state index contributed by atoms with van der Waals surface area (Å²) in [6, 6.07) is 1.65. The third kappa shape index (κ3) is 7.02. The number of aromatic nitrogens is 4. The van der Waals surface area contributed by atoms with Gasteiger partial charge >= 0.3 is 12.3 Å². The van der Waals surface area contributed by atoms with Crippen molar-refractivity contribution in [2.24, 2.45) is 0 Å². The molecule has 4 rings (SSSR count). The average molecular weight is 592 g/mol. The van der Waals surface area contributed by atoms with Gasteiger partial charge in [0, 0.05) is 32.7 Å². The monoisotopic (exact) mass is 591 g/mol. The van der Waals surface area contributed by atoms with Gasteiger partial charge in [0.2, 0.25) is 21.8 Å². The third-order valence-electron chi connectivity index (χ3n) is 6.08. The summed E-state index contributed by atoms with van der Waals surface area (Å²) >= 11 is 0. The number of benzene rings is 1. The predicted molar refractivity (Wildman–Crippen MR) is 124 cm³/mol. The van der Waals surface area contributed by atoms with Crippen molar-refractivity contribution in [1.29, 1.82) is 0 Å². The molecule has 0 radical (unpaired) electrons. The number of piperazine rings is 1. The number of carbonyl (C=O) groups excluding carboxylic acids is 2. The first kappa shape index (κ1) is 29.2. The van der Waals surface area contributed by atoms with Crippen LogP contribution < -0.4 is 4.74 Å². The fourth-order valence-electron chi connectivity index (χ4n) is 4.13.